The van der Waals surface area contributed by atoms with Gasteiger partial charge in [-0.25, -0.2) is 23.1 Å². The van der Waals surface area contributed by atoms with Crippen molar-refractivity contribution in [2.24, 2.45) is 0 Å². The van der Waals surface area contributed by atoms with Crippen LogP contribution < -0.4 is 0 Å². The lowest BCUT2D eigenvalue weighted by Crippen LogP contribution is -2.51. The maximum Gasteiger partial charge on any atom is 0.243 e. The quantitative estimate of drug-likeness (QED) is 0.704. The number of nitrogens with zero attached hydrogens (tertiary/aromatic N) is 5. The number of sulfonamides is 1. The Morgan fingerprint density at radius 1 is 1.24 bits per heavy atom. The van der Waals surface area contributed by atoms with Crippen molar-refractivity contribution >= 4 is 21.1 Å². The topological polar surface area (TPSA) is 94.1 Å². The van der Waals surface area contributed by atoms with E-state index in [-0.39, 0.29) is 10.9 Å². The minimum atomic E-state index is -3.55. The van der Waals surface area contributed by atoms with Crippen LogP contribution in [-0.2, 0) is 16.4 Å². The first kappa shape index (κ1) is 16.2. The highest BCUT2D eigenvalue weighted by Gasteiger charge is 2.39. The summed E-state index contributed by atoms with van der Waals surface area (Å²) in [5, 5.41) is 4.34. The van der Waals surface area contributed by atoms with Gasteiger partial charge < -0.3 is 4.42 Å². The van der Waals surface area contributed by atoms with Gasteiger partial charge in [0.05, 0.1) is 10.9 Å². The Hall–Kier alpha value is -2.26. The average Bonchev–Trinajstić information content (AvgIpc) is 3.07. The summed E-state index contributed by atoms with van der Waals surface area (Å²) in [7, 11) is -3.55. The van der Waals surface area contributed by atoms with E-state index >= 15 is 0 Å². The first-order valence-electron chi connectivity index (χ1n) is 8.18. The van der Waals surface area contributed by atoms with Crippen molar-refractivity contribution in [1.82, 2.24) is 24.1 Å². The van der Waals surface area contributed by atoms with Gasteiger partial charge in [0.25, 0.3) is 0 Å². The van der Waals surface area contributed by atoms with Crippen LogP contribution in [0.25, 0.3) is 11.1 Å². The number of oxazole rings is 1. The van der Waals surface area contributed by atoms with Crippen molar-refractivity contribution in [3.05, 3.63) is 35.7 Å². The first-order chi connectivity index (χ1) is 11.9. The maximum atomic E-state index is 12.8. The van der Waals surface area contributed by atoms with E-state index in [0.717, 1.165) is 5.82 Å². The highest BCUT2D eigenvalue weighted by Crippen LogP contribution is 2.30. The summed E-state index contributed by atoms with van der Waals surface area (Å²) in [6.07, 6.45) is 0.668. The second-order valence-electron chi connectivity index (χ2n) is 6.22. The molecule has 1 fully saturated rings. The molecule has 9 heteroatoms. The third-order valence-electron chi connectivity index (χ3n) is 4.43. The molecule has 0 radical (unpaired) electrons. The molecular formula is C16H19N5O3S. The predicted molar refractivity (Wildman–Crippen MR) is 90.7 cm³/mol. The Morgan fingerprint density at radius 2 is 2.00 bits per heavy atom. The minimum Gasteiger partial charge on any atom is -0.441 e. The van der Waals surface area contributed by atoms with Gasteiger partial charge in [0, 0.05) is 19.5 Å². The number of hydrogen-bond acceptors (Lipinski definition) is 6. The third kappa shape index (κ3) is 2.63. The SMILES string of the molecule is CCc1nc2cc(S(=O)(=O)N3CC(n4nc(C)nc4C)C3)ccc2o1. The van der Waals surface area contributed by atoms with Gasteiger partial charge >= 0.3 is 0 Å². The summed E-state index contributed by atoms with van der Waals surface area (Å²) >= 11 is 0. The van der Waals surface area contributed by atoms with Crippen LogP contribution >= 0.6 is 0 Å². The Bertz CT molecular complexity index is 1050. The molecule has 0 amide bonds. The first-order valence-corrected chi connectivity index (χ1v) is 9.62. The lowest BCUT2D eigenvalue weighted by Gasteiger charge is -2.38. The van der Waals surface area contributed by atoms with Gasteiger partial charge in [-0.3, -0.25) is 0 Å². The molecule has 0 spiro atoms. The molecule has 1 saturated heterocycles. The predicted octanol–water partition coefficient (Wildman–Crippen LogP) is 1.84. The molecule has 3 heterocycles. The molecular weight excluding hydrogens is 342 g/mol. The zero-order chi connectivity index (χ0) is 17.8. The third-order valence-corrected chi connectivity index (χ3v) is 6.25. The van der Waals surface area contributed by atoms with E-state index in [1.807, 2.05) is 20.8 Å². The van der Waals surface area contributed by atoms with Gasteiger partial charge in [0.2, 0.25) is 10.0 Å². The van der Waals surface area contributed by atoms with E-state index in [2.05, 4.69) is 15.1 Å². The average molecular weight is 361 g/mol. The second kappa shape index (κ2) is 5.63. The second-order valence-corrected chi connectivity index (χ2v) is 8.16. The molecule has 8 nitrogen and oxygen atoms in total. The zero-order valence-electron chi connectivity index (χ0n) is 14.3. The van der Waals surface area contributed by atoms with Crippen molar-refractivity contribution in [1.29, 1.82) is 0 Å². The molecule has 1 aliphatic heterocycles. The number of rotatable bonds is 4. The van der Waals surface area contributed by atoms with Crippen LogP contribution in [0.3, 0.4) is 0 Å². The van der Waals surface area contributed by atoms with Crippen LogP contribution in [0.5, 0.6) is 0 Å². The number of fused-ring (bicyclic) bond motifs is 1. The lowest BCUT2D eigenvalue weighted by molar-refractivity contribution is 0.188. The molecule has 1 aromatic carbocycles. The van der Waals surface area contributed by atoms with Crippen molar-refractivity contribution in [3.63, 3.8) is 0 Å². The van der Waals surface area contributed by atoms with Crippen molar-refractivity contribution in [2.75, 3.05) is 13.1 Å². The van der Waals surface area contributed by atoms with Crippen LogP contribution in [0.1, 0.15) is 30.5 Å². The van der Waals surface area contributed by atoms with Crippen LogP contribution in [0.4, 0.5) is 0 Å². The molecule has 25 heavy (non-hydrogen) atoms. The van der Waals surface area contributed by atoms with Gasteiger partial charge in [0.15, 0.2) is 11.5 Å². The fourth-order valence-corrected chi connectivity index (χ4v) is 4.60. The van der Waals surface area contributed by atoms with E-state index in [1.54, 1.807) is 22.9 Å². The molecule has 4 rings (SSSR count). The molecule has 0 bridgehead atoms. The molecule has 132 valence electrons. The lowest BCUT2D eigenvalue weighted by atomic mass is 10.2. The van der Waals surface area contributed by atoms with Crippen LogP contribution in [-0.4, -0.2) is 45.6 Å². The van der Waals surface area contributed by atoms with Gasteiger partial charge in [0.1, 0.15) is 17.2 Å². The Balaban J connectivity index is 1.57. The highest BCUT2D eigenvalue weighted by molar-refractivity contribution is 7.89. The molecule has 0 N–H and O–H groups in total. The monoisotopic (exact) mass is 361 g/mol. The molecule has 0 unspecified atom stereocenters. The summed E-state index contributed by atoms with van der Waals surface area (Å²) in [4.78, 5) is 8.82. The zero-order valence-corrected chi connectivity index (χ0v) is 15.1. The van der Waals surface area contributed by atoms with Crippen LogP contribution in [0.2, 0.25) is 0 Å². The molecule has 0 saturated carbocycles. The summed E-state index contributed by atoms with van der Waals surface area (Å²) in [6.45, 7) is 6.43. The van der Waals surface area contributed by atoms with E-state index in [9.17, 15) is 8.42 Å². The number of benzene rings is 1. The number of aromatic nitrogens is 4. The highest BCUT2D eigenvalue weighted by atomic mass is 32.2. The Kier molecular flexibility index (Phi) is 3.66. The summed E-state index contributed by atoms with van der Waals surface area (Å²) in [5.74, 6) is 2.10. The van der Waals surface area contributed by atoms with Crippen LogP contribution in [0, 0.1) is 13.8 Å². The fourth-order valence-electron chi connectivity index (χ4n) is 3.07. The van der Waals surface area contributed by atoms with Crippen LogP contribution in [0.15, 0.2) is 27.5 Å². The summed E-state index contributed by atoms with van der Waals surface area (Å²) in [5.41, 5.74) is 1.17. The van der Waals surface area contributed by atoms with Gasteiger partial charge in [-0.05, 0) is 32.0 Å². The van der Waals surface area contributed by atoms with Gasteiger partial charge in [-0.15, -0.1) is 0 Å². The standard InChI is InChI=1S/C16H19N5O3S/c1-4-16-18-14-7-13(5-6-15(14)24-16)25(22,23)20-8-12(9-20)21-11(3)17-10(2)19-21/h5-7,12H,4,8-9H2,1-3H3. The smallest absolute Gasteiger partial charge is 0.243 e. The molecule has 3 aromatic rings. The maximum absolute atomic E-state index is 12.8. The van der Waals surface area contributed by atoms with Gasteiger partial charge in [-0.2, -0.15) is 9.40 Å². The van der Waals surface area contributed by atoms with E-state index in [0.29, 0.717) is 42.3 Å². The minimum absolute atomic E-state index is 0.0263. The number of aryl methyl sites for hydroxylation is 3. The van der Waals surface area contributed by atoms with Gasteiger partial charge in [-0.1, -0.05) is 6.92 Å². The molecule has 1 aliphatic rings. The van der Waals surface area contributed by atoms with Crippen molar-refractivity contribution in [3.8, 4) is 0 Å². The van der Waals surface area contributed by atoms with E-state index in [1.165, 1.54) is 4.31 Å². The van der Waals surface area contributed by atoms with E-state index < -0.39 is 10.0 Å². The fraction of sp³-hybridized carbons (Fsp3) is 0.438. The molecule has 0 atom stereocenters. The Morgan fingerprint density at radius 3 is 2.64 bits per heavy atom. The van der Waals surface area contributed by atoms with E-state index in [4.69, 9.17) is 4.42 Å². The molecule has 0 aliphatic carbocycles. The summed E-state index contributed by atoms with van der Waals surface area (Å²) < 4.78 is 34.4. The largest absolute Gasteiger partial charge is 0.441 e. The van der Waals surface area contributed by atoms with Crippen molar-refractivity contribution < 1.29 is 12.8 Å². The normalized spacial score (nSPS) is 16.4. The molecule has 2 aromatic heterocycles. The Labute approximate surface area is 145 Å². The van der Waals surface area contributed by atoms with Crippen molar-refractivity contribution in [2.45, 2.75) is 38.1 Å². The number of hydrogen-bond donors (Lipinski definition) is 0. The summed E-state index contributed by atoms with van der Waals surface area (Å²) in [6, 6.07) is 4.83.